The van der Waals surface area contributed by atoms with Crippen molar-refractivity contribution >= 4 is 16.7 Å². The van der Waals surface area contributed by atoms with E-state index in [2.05, 4.69) is 10.2 Å². The molecule has 5 nitrogen and oxygen atoms in total. The number of aromatic nitrogens is 4. The molecule has 0 unspecified atom stereocenters. The average Bonchev–Trinajstić information content (AvgIpc) is 2.91. The Kier molecular flexibility index (Phi) is 2.89. The van der Waals surface area contributed by atoms with Gasteiger partial charge in [-0.3, -0.25) is 14.2 Å². The van der Waals surface area contributed by atoms with Crippen molar-refractivity contribution in [3.05, 3.63) is 47.4 Å². The highest BCUT2D eigenvalue weighted by Crippen LogP contribution is 2.19. The lowest BCUT2D eigenvalue weighted by Crippen LogP contribution is -2.05. The van der Waals surface area contributed by atoms with Crippen LogP contribution in [0.15, 0.2) is 30.5 Å². The summed E-state index contributed by atoms with van der Waals surface area (Å²) in [5.41, 5.74) is 3.29. The smallest absolute Gasteiger partial charge is 0.172 e. The molecule has 3 aromatic rings. The molecule has 3 rings (SSSR count). The Hall–Kier alpha value is -2.43. The molecule has 0 spiro atoms. The quantitative estimate of drug-likeness (QED) is 0.683. The summed E-state index contributed by atoms with van der Waals surface area (Å²) in [4.78, 5) is 12.4. The van der Waals surface area contributed by atoms with Crippen LogP contribution in [-0.2, 0) is 20.5 Å². The maximum Gasteiger partial charge on any atom is 0.172 e. The van der Waals surface area contributed by atoms with Gasteiger partial charge < -0.3 is 0 Å². The Bertz CT molecular complexity index is 797. The van der Waals surface area contributed by atoms with E-state index in [0.717, 1.165) is 22.3 Å². The van der Waals surface area contributed by atoms with Crippen LogP contribution in [-0.4, -0.2) is 25.3 Å². The number of nitrogens with zero attached hydrogens (tertiary/aromatic N) is 4. The van der Waals surface area contributed by atoms with Crippen LogP contribution in [0.3, 0.4) is 0 Å². The Morgan fingerprint density at radius 2 is 1.95 bits per heavy atom. The number of para-hydroxylation sites is 1. The van der Waals surface area contributed by atoms with E-state index in [1.807, 2.05) is 50.0 Å². The molecular weight excluding hydrogens is 252 g/mol. The molecule has 0 bridgehead atoms. The fraction of sp³-hybridized carbons (Fsp3) is 0.267. The van der Waals surface area contributed by atoms with Crippen molar-refractivity contribution in [2.24, 2.45) is 14.1 Å². The Morgan fingerprint density at radius 3 is 2.65 bits per heavy atom. The van der Waals surface area contributed by atoms with Gasteiger partial charge in [-0.25, -0.2) is 0 Å². The molecule has 0 aliphatic carbocycles. The van der Waals surface area contributed by atoms with Crippen LogP contribution in [0.4, 0.5) is 0 Å². The molecule has 20 heavy (non-hydrogen) atoms. The number of aryl methyl sites for hydroxylation is 3. The molecule has 0 atom stereocenters. The Balaban J connectivity index is 1.97. The van der Waals surface area contributed by atoms with Crippen LogP contribution in [0.1, 0.15) is 21.7 Å². The number of Topliss-reactive ketones (excluding diaryl/α,β-unsaturated/α-hetero) is 1. The third-order valence-corrected chi connectivity index (χ3v) is 3.48. The molecule has 0 aliphatic rings. The topological polar surface area (TPSA) is 52.7 Å². The first kappa shape index (κ1) is 12.6. The minimum atomic E-state index is 0.0550. The van der Waals surface area contributed by atoms with E-state index in [-0.39, 0.29) is 5.78 Å². The Morgan fingerprint density at radius 1 is 1.20 bits per heavy atom. The Labute approximate surface area is 116 Å². The first-order valence-corrected chi connectivity index (χ1v) is 6.50. The molecular formula is C15H16N4O. The van der Waals surface area contributed by atoms with Gasteiger partial charge in [-0.2, -0.15) is 10.2 Å². The predicted octanol–water partition coefficient (Wildman–Crippen LogP) is 2.04. The summed E-state index contributed by atoms with van der Waals surface area (Å²) >= 11 is 0. The molecule has 2 heterocycles. The number of benzene rings is 1. The molecule has 0 aliphatic heterocycles. The maximum atomic E-state index is 12.4. The van der Waals surface area contributed by atoms with Gasteiger partial charge in [0.1, 0.15) is 0 Å². The minimum Gasteiger partial charge on any atom is -0.294 e. The van der Waals surface area contributed by atoms with E-state index in [9.17, 15) is 4.79 Å². The zero-order chi connectivity index (χ0) is 14.3. The monoisotopic (exact) mass is 268 g/mol. The fourth-order valence-electron chi connectivity index (χ4n) is 2.54. The summed E-state index contributed by atoms with van der Waals surface area (Å²) in [5, 5.41) is 9.70. The van der Waals surface area contributed by atoms with Gasteiger partial charge in [-0.05, 0) is 13.0 Å². The molecule has 5 heteroatoms. The predicted molar refractivity (Wildman–Crippen MR) is 76.7 cm³/mol. The molecule has 0 radical (unpaired) electrons. The first-order chi connectivity index (χ1) is 9.56. The number of hydrogen-bond donors (Lipinski definition) is 0. The lowest BCUT2D eigenvalue weighted by molar-refractivity contribution is 0.0991. The summed E-state index contributed by atoms with van der Waals surface area (Å²) in [6, 6.07) is 7.95. The van der Waals surface area contributed by atoms with Gasteiger partial charge in [0.05, 0.1) is 28.9 Å². The maximum absolute atomic E-state index is 12.4. The summed E-state index contributed by atoms with van der Waals surface area (Å²) in [5.74, 6) is 0.0550. The molecule has 0 fully saturated rings. The number of hydrogen-bond acceptors (Lipinski definition) is 3. The number of ketones is 1. The minimum absolute atomic E-state index is 0.0550. The van der Waals surface area contributed by atoms with Gasteiger partial charge in [0.2, 0.25) is 0 Å². The van der Waals surface area contributed by atoms with Crippen molar-refractivity contribution in [2.75, 3.05) is 0 Å². The van der Waals surface area contributed by atoms with Crippen LogP contribution >= 0.6 is 0 Å². The van der Waals surface area contributed by atoms with E-state index in [0.29, 0.717) is 12.0 Å². The molecule has 1 aromatic carbocycles. The van der Waals surface area contributed by atoms with Crippen LogP contribution in [0, 0.1) is 6.92 Å². The van der Waals surface area contributed by atoms with Gasteiger partial charge in [0.25, 0.3) is 0 Å². The van der Waals surface area contributed by atoms with Crippen LogP contribution < -0.4 is 0 Å². The van der Waals surface area contributed by atoms with Crippen molar-refractivity contribution in [2.45, 2.75) is 13.3 Å². The van der Waals surface area contributed by atoms with Crippen molar-refractivity contribution in [1.82, 2.24) is 19.6 Å². The van der Waals surface area contributed by atoms with Crippen LogP contribution in [0.2, 0.25) is 0 Å². The van der Waals surface area contributed by atoms with Gasteiger partial charge in [0.15, 0.2) is 5.78 Å². The molecule has 0 N–H and O–H groups in total. The lowest BCUT2D eigenvalue weighted by atomic mass is 10.1. The third-order valence-electron chi connectivity index (χ3n) is 3.48. The summed E-state index contributed by atoms with van der Waals surface area (Å²) in [6.45, 7) is 1.85. The highest BCUT2D eigenvalue weighted by atomic mass is 16.1. The number of carbonyl (C=O) groups is 1. The van der Waals surface area contributed by atoms with Crippen molar-refractivity contribution < 1.29 is 4.79 Å². The molecule has 2 aromatic heterocycles. The van der Waals surface area contributed by atoms with E-state index < -0.39 is 0 Å². The largest absolute Gasteiger partial charge is 0.294 e. The fourth-order valence-corrected chi connectivity index (χ4v) is 2.54. The van der Waals surface area contributed by atoms with Gasteiger partial charge in [0, 0.05) is 25.7 Å². The second-order valence-electron chi connectivity index (χ2n) is 4.99. The number of carbonyl (C=O) groups excluding carboxylic acids is 1. The third kappa shape index (κ3) is 2.01. The van der Waals surface area contributed by atoms with E-state index in [1.165, 1.54) is 0 Å². The first-order valence-electron chi connectivity index (χ1n) is 6.50. The van der Waals surface area contributed by atoms with Crippen molar-refractivity contribution in [3.63, 3.8) is 0 Å². The molecule has 0 saturated heterocycles. The van der Waals surface area contributed by atoms with Crippen molar-refractivity contribution in [1.29, 1.82) is 0 Å². The SMILES string of the molecule is Cc1nn(C)cc1C(=O)Cc1nn(C)c2ccccc12. The summed E-state index contributed by atoms with van der Waals surface area (Å²) in [7, 11) is 3.71. The van der Waals surface area contributed by atoms with Crippen molar-refractivity contribution in [3.8, 4) is 0 Å². The van der Waals surface area contributed by atoms with Gasteiger partial charge in [-0.15, -0.1) is 0 Å². The van der Waals surface area contributed by atoms with Crippen LogP contribution in [0.5, 0.6) is 0 Å². The molecule has 0 saturated carbocycles. The standard InChI is InChI=1S/C15H16N4O/c1-10-12(9-18(2)16-10)15(20)8-13-11-6-4-5-7-14(11)19(3)17-13/h4-7,9H,8H2,1-3H3. The summed E-state index contributed by atoms with van der Waals surface area (Å²) < 4.78 is 3.48. The van der Waals surface area contributed by atoms with Gasteiger partial charge in [-0.1, -0.05) is 18.2 Å². The average molecular weight is 268 g/mol. The normalized spacial score (nSPS) is 11.2. The van der Waals surface area contributed by atoms with Gasteiger partial charge >= 0.3 is 0 Å². The lowest BCUT2D eigenvalue weighted by Gasteiger charge is -1.97. The van der Waals surface area contributed by atoms with E-state index in [1.54, 1.807) is 10.9 Å². The second kappa shape index (κ2) is 4.59. The van der Waals surface area contributed by atoms with E-state index >= 15 is 0 Å². The second-order valence-corrected chi connectivity index (χ2v) is 4.99. The highest BCUT2D eigenvalue weighted by molar-refractivity contribution is 6.00. The zero-order valence-corrected chi connectivity index (χ0v) is 11.8. The molecule has 102 valence electrons. The highest BCUT2D eigenvalue weighted by Gasteiger charge is 2.17. The van der Waals surface area contributed by atoms with Crippen LogP contribution in [0.25, 0.3) is 10.9 Å². The number of fused-ring (bicyclic) bond motifs is 1. The van der Waals surface area contributed by atoms with E-state index in [4.69, 9.17) is 0 Å². The number of rotatable bonds is 3. The summed E-state index contributed by atoms with van der Waals surface area (Å²) in [6.07, 6.45) is 2.07. The zero-order valence-electron chi connectivity index (χ0n) is 11.8. The molecule has 0 amide bonds.